The Morgan fingerprint density at radius 2 is 2.05 bits per heavy atom. The van der Waals surface area contributed by atoms with Gasteiger partial charge in [0.25, 0.3) is 0 Å². The van der Waals surface area contributed by atoms with E-state index < -0.39 is 0 Å². The molecule has 1 amide bonds. The number of carbonyl (C=O) groups excluding carboxylic acids is 1. The second-order valence-corrected chi connectivity index (χ2v) is 11.5. The van der Waals surface area contributed by atoms with Crippen LogP contribution in [0.5, 0.6) is 11.8 Å². The minimum atomic E-state index is -0.257. The van der Waals surface area contributed by atoms with Crippen molar-refractivity contribution in [1.29, 1.82) is 5.26 Å². The summed E-state index contributed by atoms with van der Waals surface area (Å²) in [5.74, 6) is 0.910. The zero-order chi connectivity index (χ0) is 29.2. The molecule has 6 rings (SSSR count). The summed E-state index contributed by atoms with van der Waals surface area (Å²) in [6, 6.07) is 14.4. The monoisotopic (exact) mass is 567 g/mol. The van der Waals surface area contributed by atoms with Crippen molar-refractivity contribution >= 4 is 22.5 Å². The molecule has 2 fully saturated rings. The van der Waals surface area contributed by atoms with E-state index in [-0.39, 0.29) is 24.1 Å². The van der Waals surface area contributed by atoms with E-state index >= 15 is 0 Å². The van der Waals surface area contributed by atoms with Crippen LogP contribution in [0.25, 0.3) is 10.8 Å². The molecule has 2 unspecified atom stereocenters. The molecule has 10 heteroatoms. The second kappa shape index (κ2) is 12.0. The number of piperazine rings is 1. The van der Waals surface area contributed by atoms with Gasteiger partial charge in [-0.3, -0.25) is 9.69 Å². The van der Waals surface area contributed by atoms with E-state index in [0.717, 1.165) is 52.8 Å². The van der Waals surface area contributed by atoms with Crippen LogP contribution in [0.15, 0.2) is 49.1 Å². The van der Waals surface area contributed by atoms with E-state index in [1.54, 1.807) is 11.0 Å². The van der Waals surface area contributed by atoms with Crippen molar-refractivity contribution in [3.05, 3.63) is 65.9 Å². The lowest BCUT2D eigenvalue weighted by atomic mass is 10.0. The predicted molar refractivity (Wildman–Crippen MR) is 160 cm³/mol. The number of amides is 1. The quantitative estimate of drug-likeness (QED) is 0.410. The molecule has 0 bridgehead atoms. The topological polar surface area (TPSA) is 109 Å². The molecular weight excluding hydrogens is 530 g/mol. The van der Waals surface area contributed by atoms with Crippen LogP contribution >= 0.6 is 0 Å². The predicted octanol–water partition coefficient (Wildman–Crippen LogP) is 3.44. The van der Waals surface area contributed by atoms with Crippen molar-refractivity contribution in [2.75, 3.05) is 44.7 Å². The number of likely N-dealkylation sites (tertiary alicyclic amines) is 1. The number of anilines is 1. The SMILES string of the molecule is C=CC(=O)N1CCN(c2nc(OCC3CCCN3C)nc3c2CN(Cc2cc(O)cc4ccccc24)C3)CC1CC#N. The molecule has 2 saturated heterocycles. The molecule has 3 aliphatic rings. The Labute approximate surface area is 246 Å². The fourth-order valence-electron chi connectivity index (χ4n) is 6.56. The van der Waals surface area contributed by atoms with Gasteiger partial charge in [-0.05, 0) is 61.0 Å². The van der Waals surface area contributed by atoms with Gasteiger partial charge in [-0.25, -0.2) is 0 Å². The minimum absolute atomic E-state index is 0.156. The highest BCUT2D eigenvalue weighted by Gasteiger charge is 2.34. The zero-order valence-electron chi connectivity index (χ0n) is 24.1. The molecule has 2 aromatic carbocycles. The third kappa shape index (κ3) is 5.62. The molecule has 0 spiro atoms. The Kier molecular flexibility index (Phi) is 7.96. The number of likely N-dealkylation sites (N-methyl/N-ethyl adjacent to an activating group) is 1. The zero-order valence-corrected chi connectivity index (χ0v) is 24.1. The number of hydrogen-bond acceptors (Lipinski definition) is 9. The number of carbonyl (C=O) groups is 1. The molecule has 0 aliphatic carbocycles. The van der Waals surface area contributed by atoms with E-state index in [0.29, 0.717) is 57.9 Å². The van der Waals surface area contributed by atoms with Gasteiger partial charge in [-0.2, -0.15) is 15.2 Å². The Hall–Kier alpha value is -4.20. The molecule has 3 aliphatic heterocycles. The first-order valence-electron chi connectivity index (χ1n) is 14.6. The molecule has 1 N–H and O–H groups in total. The number of ether oxygens (including phenoxy) is 1. The van der Waals surface area contributed by atoms with Gasteiger partial charge < -0.3 is 24.5 Å². The largest absolute Gasteiger partial charge is 0.508 e. The fourth-order valence-corrected chi connectivity index (χ4v) is 6.56. The Balaban J connectivity index is 1.29. The highest BCUT2D eigenvalue weighted by atomic mass is 16.5. The standard InChI is InChI=1S/C32H37N7O3/c1-3-30(41)39-14-13-38(18-24(39)10-11-33)31-28-19-37(17-23-16-26(40)15-22-7-4-5-9-27(22)23)20-29(28)34-32(35-31)42-21-25-8-6-12-36(25)2/h3-5,7,9,15-16,24-25,40H,1,6,8,10,12-14,17-21H2,2H3. The van der Waals surface area contributed by atoms with Crippen molar-refractivity contribution in [2.45, 2.75) is 51.0 Å². The Bertz CT molecular complexity index is 1540. The highest BCUT2D eigenvalue weighted by molar-refractivity contribution is 5.88. The van der Waals surface area contributed by atoms with Crippen LogP contribution < -0.4 is 9.64 Å². The summed E-state index contributed by atoms with van der Waals surface area (Å²) in [7, 11) is 2.12. The van der Waals surface area contributed by atoms with Gasteiger partial charge in [0, 0.05) is 50.9 Å². The van der Waals surface area contributed by atoms with Crippen LogP contribution in [-0.2, 0) is 24.4 Å². The van der Waals surface area contributed by atoms with Crippen LogP contribution in [0.3, 0.4) is 0 Å². The van der Waals surface area contributed by atoms with E-state index in [4.69, 9.17) is 14.7 Å². The third-order valence-electron chi connectivity index (χ3n) is 8.77. The lowest BCUT2D eigenvalue weighted by Crippen LogP contribution is -2.55. The first kappa shape index (κ1) is 27.9. The van der Waals surface area contributed by atoms with E-state index in [1.165, 1.54) is 6.08 Å². The maximum absolute atomic E-state index is 12.5. The summed E-state index contributed by atoms with van der Waals surface area (Å²) in [4.78, 5) is 30.9. The van der Waals surface area contributed by atoms with Gasteiger partial charge in [-0.15, -0.1) is 0 Å². The maximum atomic E-state index is 12.5. The molecular formula is C32H37N7O3. The minimum Gasteiger partial charge on any atom is -0.508 e. The molecule has 10 nitrogen and oxygen atoms in total. The van der Waals surface area contributed by atoms with Crippen LogP contribution in [0.2, 0.25) is 0 Å². The summed E-state index contributed by atoms with van der Waals surface area (Å²) in [6.45, 7) is 8.74. The van der Waals surface area contributed by atoms with Crippen LogP contribution in [0.1, 0.15) is 36.1 Å². The van der Waals surface area contributed by atoms with E-state index in [9.17, 15) is 15.2 Å². The molecule has 0 saturated carbocycles. The summed E-state index contributed by atoms with van der Waals surface area (Å²) in [5.41, 5.74) is 3.03. The average molecular weight is 568 g/mol. The number of rotatable bonds is 8. The normalized spacial score (nSPS) is 21.0. The first-order valence-corrected chi connectivity index (χ1v) is 14.6. The highest BCUT2D eigenvalue weighted by Crippen LogP contribution is 2.35. The van der Waals surface area contributed by atoms with Crippen LogP contribution in [-0.4, -0.2) is 87.6 Å². The number of aromatic hydroxyl groups is 1. The first-order chi connectivity index (χ1) is 20.4. The number of nitrogens with zero attached hydrogens (tertiary/aromatic N) is 7. The molecule has 2 atom stereocenters. The van der Waals surface area contributed by atoms with Gasteiger partial charge in [0.15, 0.2) is 0 Å². The van der Waals surface area contributed by atoms with Crippen LogP contribution in [0.4, 0.5) is 5.82 Å². The van der Waals surface area contributed by atoms with Crippen molar-refractivity contribution in [2.24, 2.45) is 0 Å². The Morgan fingerprint density at radius 1 is 1.19 bits per heavy atom. The molecule has 4 heterocycles. The fraction of sp³-hybridized carbons (Fsp3) is 0.438. The lowest BCUT2D eigenvalue weighted by Gasteiger charge is -2.41. The van der Waals surface area contributed by atoms with Crippen molar-refractivity contribution in [3.63, 3.8) is 0 Å². The Morgan fingerprint density at radius 3 is 2.83 bits per heavy atom. The maximum Gasteiger partial charge on any atom is 0.318 e. The number of nitriles is 1. The van der Waals surface area contributed by atoms with E-state index in [2.05, 4.69) is 40.5 Å². The number of phenolic OH excluding ortho intramolecular Hbond substituents is 1. The summed E-state index contributed by atoms with van der Waals surface area (Å²) < 4.78 is 6.22. The van der Waals surface area contributed by atoms with Crippen LogP contribution in [0, 0.1) is 11.3 Å². The van der Waals surface area contributed by atoms with Crippen molar-refractivity contribution in [1.82, 2.24) is 24.7 Å². The lowest BCUT2D eigenvalue weighted by molar-refractivity contribution is -0.128. The van der Waals surface area contributed by atoms with Crippen molar-refractivity contribution in [3.8, 4) is 17.8 Å². The second-order valence-electron chi connectivity index (χ2n) is 11.5. The molecule has 1 aromatic heterocycles. The number of fused-ring (bicyclic) bond motifs is 2. The molecule has 0 radical (unpaired) electrons. The molecule has 3 aromatic rings. The van der Waals surface area contributed by atoms with Gasteiger partial charge in [0.2, 0.25) is 5.91 Å². The van der Waals surface area contributed by atoms with Gasteiger partial charge in [0.1, 0.15) is 18.2 Å². The van der Waals surface area contributed by atoms with E-state index in [1.807, 2.05) is 24.3 Å². The van der Waals surface area contributed by atoms with Gasteiger partial charge >= 0.3 is 6.01 Å². The summed E-state index contributed by atoms with van der Waals surface area (Å²) in [5, 5.41) is 22.0. The molecule has 218 valence electrons. The van der Waals surface area contributed by atoms with Gasteiger partial charge in [0.05, 0.1) is 24.2 Å². The van der Waals surface area contributed by atoms with Crippen molar-refractivity contribution < 1.29 is 14.6 Å². The summed E-state index contributed by atoms with van der Waals surface area (Å²) in [6.07, 6.45) is 3.80. The number of hydrogen-bond donors (Lipinski definition) is 1. The number of benzene rings is 2. The summed E-state index contributed by atoms with van der Waals surface area (Å²) >= 11 is 0. The number of phenols is 1. The average Bonchev–Trinajstić information content (AvgIpc) is 3.60. The third-order valence-corrected chi connectivity index (χ3v) is 8.77. The van der Waals surface area contributed by atoms with Gasteiger partial charge in [-0.1, -0.05) is 30.8 Å². The smallest absolute Gasteiger partial charge is 0.318 e. The molecule has 42 heavy (non-hydrogen) atoms. The number of aromatic nitrogens is 2.